The molecule has 0 aliphatic carbocycles. The fraction of sp³-hybridized carbons (Fsp3) is 0.312. The maximum atomic E-state index is 11.8. The Morgan fingerprint density at radius 1 is 1.38 bits per heavy atom. The standard InChI is InChI=1S/C16H20N4O/c1-5-8-17-15(21)12-6-7-14(18-9-12)13-10-19-20(11-13)16(2,3)4/h5-7,9-11H,1,8H2,2-4H3,(H,17,21). The predicted molar refractivity (Wildman–Crippen MR) is 83.0 cm³/mol. The molecule has 21 heavy (non-hydrogen) atoms. The van der Waals surface area contributed by atoms with Crippen LogP contribution in [0.15, 0.2) is 43.4 Å². The Bertz CT molecular complexity index is 635. The molecule has 0 fully saturated rings. The molecule has 2 heterocycles. The lowest BCUT2D eigenvalue weighted by Gasteiger charge is -2.18. The third kappa shape index (κ3) is 3.56. The van der Waals surface area contributed by atoms with Crippen molar-refractivity contribution in [2.24, 2.45) is 0 Å². The Morgan fingerprint density at radius 2 is 2.14 bits per heavy atom. The van der Waals surface area contributed by atoms with Crippen molar-refractivity contribution >= 4 is 5.91 Å². The SMILES string of the molecule is C=CCNC(=O)c1ccc(-c2cnn(C(C)(C)C)c2)nc1. The van der Waals surface area contributed by atoms with Crippen molar-refractivity contribution in [1.29, 1.82) is 0 Å². The maximum Gasteiger partial charge on any atom is 0.253 e. The van der Waals surface area contributed by atoms with Gasteiger partial charge in [-0.3, -0.25) is 14.5 Å². The van der Waals surface area contributed by atoms with Gasteiger partial charge in [0, 0.05) is 24.5 Å². The number of aromatic nitrogens is 3. The highest BCUT2D eigenvalue weighted by Crippen LogP contribution is 2.20. The van der Waals surface area contributed by atoms with E-state index in [1.165, 1.54) is 0 Å². The van der Waals surface area contributed by atoms with Crippen molar-refractivity contribution < 1.29 is 4.79 Å². The van der Waals surface area contributed by atoms with Crippen LogP contribution >= 0.6 is 0 Å². The van der Waals surface area contributed by atoms with E-state index in [0.29, 0.717) is 12.1 Å². The summed E-state index contributed by atoms with van der Waals surface area (Å²) < 4.78 is 1.90. The van der Waals surface area contributed by atoms with Gasteiger partial charge in [0.15, 0.2) is 0 Å². The average Bonchev–Trinajstić information content (AvgIpc) is 2.95. The molecular weight excluding hydrogens is 264 g/mol. The zero-order valence-corrected chi connectivity index (χ0v) is 12.6. The van der Waals surface area contributed by atoms with Crippen molar-refractivity contribution in [2.75, 3.05) is 6.54 Å². The summed E-state index contributed by atoms with van der Waals surface area (Å²) in [6.07, 6.45) is 6.95. The highest BCUT2D eigenvalue weighted by atomic mass is 16.1. The van der Waals surface area contributed by atoms with Gasteiger partial charge in [-0.1, -0.05) is 6.08 Å². The fourth-order valence-electron chi connectivity index (χ4n) is 1.79. The molecule has 5 nitrogen and oxygen atoms in total. The summed E-state index contributed by atoms with van der Waals surface area (Å²) in [5.41, 5.74) is 2.19. The van der Waals surface area contributed by atoms with Gasteiger partial charge >= 0.3 is 0 Å². The predicted octanol–water partition coefficient (Wildman–Crippen LogP) is 2.62. The van der Waals surface area contributed by atoms with Crippen molar-refractivity contribution in [3.8, 4) is 11.3 Å². The number of nitrogens with zero attached hydrogens (tertiary/aromatic N) is 3. The summed E-state index contributed by atoms with van der Waals surface area (Å²) in [5.74, 6) is -0.153. The molecule has 0 atom stereocenters. The van der Waals surface area contributed by atoms with E-state index in [-0.39, 0.29) is 11.4 Å². The minimum Gasteiger partial charge on any atom is -0.349 e. The van der Waals surface area contributed by atoms with Crippen LogP contribution in [0.4, 0.5) is 0 Å². The molecular formula is C16H20N4O. The minimum atomic E-state index is -0.153. The van der Waals surface area contributed by atoms with Crippen LogP contribution in [0, 0.1) is 0 Å². The van der Waals surface area contributed by atoms with Gasteiger partial charge in [0.2, 0.25) is 0 Å². The van der Waals surface area contributed by atoms with Gasteiger partial charge in [-0.05, 0) is 32.9 Å². The fourth-order valence-corrected chi connectivity index (χ4v) is 1.79. The summed E-state index contributed by atoms with van der Waals surface area (Å²) in [4.78, 5) is 16.1. The van der Waals surface area contributed by atoms with E-state index in [4.69, 9.17) is 0 Å². The molecule has 1 N–H and O–H groups in total. The molecule has 0 aliphatic rings. The molecule has 0 unspecified atom stereocenters. The Balaban J connectivity index is 2.17. The first-order valence-corrected chi connectivity index (χ1v) is 6.82. The molecule has 5 heteroatoms. The van der Waals surface area contributed by atoms with Crippen molar-refractivity contribution in [1.82, 2.24) is 20.1 Å². The smallest absolute Gasteiger partial charge is 0.253 e. The lowest BCUT2D eigenvalue weighted by Crippen LogP contribution is -2.23. The van der Waals surface area contributed by atoms with Gasteiger partial charge in [-0.25, -0.2) is 0 Å². The minimum absolute atomic E-state index is 0.0667. The second-order valence-corrected chi connectivity index (χ2v) is 5.78. The summed E-state index contributed by atoms with van der Waals surface area (Å²) in [6, 6.07) is 3.59. The number of rotatable bonds is 4. The first kappa shape index (κ1) is 15.0. The maximum absolute atomic E-state index is 11.8. The molecule has 0 aromatic carbocycles. The van der Waals surface area contributed by atoms with Crippen LogP contribution in [0.25, 0.3) is 11.3 Å². The number of amides is 1. The summed E-state index contributed by atoms with van der Waals surface area (Å²) in [7, 11) is 0. The van der Waals surface area contributed by atoms with Gasteiger partial charge in [0.05, 0.1) is 23.0 Å². The second-order valence-electron chi connectivity index (χ2n) is 5.78. The number of hydrogen-bond donors (Lipinski definition) is 1. The molecule has 0 saturated heterocycles. The van der Waals surface area contributed by atoms with Crippen LogP contribution in [0.1, 0.15) is 31.1 Å². The van der Waals surface area contributed by atoms with Gasteiger partial charge in [0.25, 0.3) is 5.91 Å². The number of hydrogen-bond acceptors (Lipinski definition) is 3. The normalized spacial score (nSPS) is 11.2. The molecule has 2 aromatic heterocycles. The van der Waals surface area contributed by atoms with Crippen LogP contribution in [0.5, 0.6) is 0 Å². The second kappa shape index (κ2) is 5.91. The summed E-state index contributed by atoms with van der Waals surface area (Å²) >= 11 is 0. The van der Waals surface area contributed by atoms with Gasteiger partial charge in [-0.2, -0.15) is 5.10 Å². The van der Waals surface area contributed by atoms with Gasteiger partial charge in [0.1, 0.15) is 0 Å². The number of nitrogens with one attached hydrogen (secondary N) is 1. The van der Waals surface area contributed by atoms with E-state index in [1.807, 2.05) is 16.9 Å². The third-order valence-corrected chi connectivity index (χ3v) is 3.00. The zero-order chi connectivity index (χ0) is 15.5. The Labute approximate surface area is 124 Å². The van der Waals surface area contributed by atoms with E-state index in [2.05, 4.69) is 42.7 Å². The highest BCUT2D eigenvalue weighted by molar-refractivity contribution is 5.94. The number of carbonyl (C=O) groups excluding carboxylic acids is 1. The molecule has 0 saturated carbocycles. The quantitative estimate of drug-likeness (QED) is 0.878. The molecule has 0 spiro atoms. The van der Waals surface area contributed by atoms with Crippen molar-refractivity contribution in [2.45, 2.75) is 26.3 Å². The lowest BCUT2D eigenvalue weighted by atomic mass is 10.1. The Kier molecular flexibility index (Phi) is 4.21. The van der Waals surface area contributed by atoms with E-state index in [1.54, 1.807) is 24.5 Å². The van der Waals surface area contributed by atoms with Gasteiger partial charge < -0.3 is 5.32 Å². The summed E-state index contributed by atoms with van der Waals surface area (Å²) in [6.45, 7) is 10.3. The van der Waals surface area contributed by atoms with Crippen LogP contribution in [0.2, 0.25) is 0 Å². The molecule has 2 rings (SSSR count). The van der Waals surface area contributed by atoms with E-state index in [9.17, 15) is 4.79 Å². The Morgan fingerprint density at radius 3 is 2.67 bits per heavy atom. The molecule has 0 bridgehead atoms. The molecule has 2 aromatic rings. The largest absolute Gasteiger partial charge is 0.349 e. The molecule has 1 amide bonds. The summed E-state index contributed by atoms with van der Waals surface area (Å²) in [5, 5.41) is 7.07. The topological polar surface area (TPSA) is 59.8 Å². The van der Waals surface area contributed by atoms with Crippen LogP contribution in [-0.4, -0.2) is 27.2 Å². The van der Waals surface area contributed by atoms with E-state index in [0.717, 1.165) is 11.3 Å². The Hall–Kier alpha value is -2.43. The van der Waals surface area contributed by atoms with E-state index < -0.39 is 0 Å². The van der Waals surface area contributed by atoms with Crippen LogP contribution in [0.3, 0.4) is 0 Å². The van der Waals surface area contributed by atoms with Crippen molar-refractivity contribution in [3.05, 3.63) is 48.9 Å². The van der Waals surface area contributed by atoms with Crippen molar-refractivity contribution in [3.63, 3.8) is 0 Å². The van der Waals surface area contributed by atoms with Gasteiger partial charge in [-0.15, -0.1) is 6.58 Å². The number of pyridine rings is 1. The van der Waals surface area contributed by atoms with E-state index >= 15 is 0 Å². The molecule has 110 valence electrons. The zero-order valence-electron chi connectivity index (χ0n) is 12.6. The monoisotopic (exact) mass is 284 g/mol. The van der Waals surface area contributed by atoms with Crippen LogP contribution < -0.4 is 5.32 Å². The first-order valence-electron chi connectivity index (χ1n) is 6.82. The lowest BCUT2D eigenvalue weighted by molar-refractivity contribution is 0.0957. The third-order valence-electron chi connectivity index (χ3n) is 3.00. The average molecular weight is 284 g/mol. The highest BCUT2D eigenvalue weighted by Gasteiger charge is 2.15. The molecule has 0 aliphatic heterocycles. The first-order chi connectivity index (χ1) is 9.91. The van der Waals surface area contributed by atoms with Crippen LogP contribution in [-0.2, 0) is 5.54 Å². The number of carbonyl (C=O) groups is 1. The molecule has 0 radical (unpaired) electrons.